The molecule has 138 valence electrons. The first-order valence-corrected chi connectivity index (χ1v) is 11.1. The van der Waals surface area contributed by atoms with E-state index >= 15 is 0 Å². The second kappa shape index (κ2) is 7.46. The number of sulfonamides is 1. The molecule has 1 aromatic carbocycles. The minimum atomic E-state index is -3.35. The molecule has 2 aliphatic rings. The number of carbonyl (C=O) groups is 1. The van der Waals surface area contributed by atoms with Crippen LogP contribution in [-0.4, -0.2) is 44.0 Å². The van der Waals surface area contributed by atoms with Crippen molar-refractivity contribution in [1.82, 2.24) is 9.62 Å². The van der Waals surface area contributed by atoms with Crippen molar-refractivity contribution in [3.63, 3.8) is 0 Å². The molecule has 5 nitrogen and oxygen atoms in total. The maximum Gasteiger partial charge on any atom is 0.238 e. The fourth-order valence-electron chi connectivity index (χ4n) is 4.35. The third-order valence-corrected chi connectivity index (χ3v) is 7.02. The van der Waals surface area contributed by atoms with Crippen molar-refractivity contribution in [1.29, 1.82) is 0 Å². The SMILES string of the molecule is CS(=O)(=O)N1CCCCC1C(=O)NCC1(c2ccccc2)CCCC1. The lowest BCUT2D eigenvalue weighted by Gasteiger charge is -2.35. The lowest BCUT2D eigenvalue weighted by Crippen LogP contribution is -2.53. The summed E-state index contributed by atoms with van der Waals surface area (Å²) in [6, 6.07) is 9.82. The molecular weight excluding hydrogens is 336 g/mol. The van der Waals surface area contributed by atoms with Crippen LogP contribution in [0.25, 0.3) is 0 Å². The van der Waals surface area contributed by atoms with Gasteiger partial charge < -0.3 is 5.32 Å². The van der Waals surface area contributed by atoms with Crippen molar-refractivity contribution in [3.05, 3.63) is 35.9 Å². The number of hydrogen-bond donors (Lipinski definition) is 1. The summed E-state index contributed by atoms with van der Waals surface area (Å²) in [5.41, 5.74) is 1.26. The summed E-state index contributed by atoms with van der Waals surface area (Å²) in [4.78, 5) is 12.8. The quantitative estimate of drug-likeness (QED) is 0.873. The molecule has 25 heavy (non-hydrogen) atoms. The van der Waals surface area contributed by atoms with Gasteiger partial charge in [0.1, 0.15) is 6.04 Å². The number of nitrogens with zero attached hydrogens (tertiary/aromatic N) is 1. The first-order chi connectivity index (χ1) is 11.9. The third-order valence-electron chi connectivity index (χ3n) is 5.73. The Bertz CT molecular complexity index is 697. The average molecular weight is 365 g/mol. The smallest absolute Gasteiger partial charge is 0.238 e. The molecule has 1 aliphatic heterocycles. The molecule has 0 spiro atoms. The summed E-state index contributed by atoms with van der Waals surface area (Å²) in [5, 5.41) is 3.09. The Labute approximate surface area is 150 Å². The lowest BCUT2D eigenvalue weighted by molar-refractivity contribution is -0.126. The first-order valence-electron chi connectivity index (χ1n) is 9.22. The summed E-state index contributed by atoms with van der Waals surface area (Å²) in [6.45, 7) is 1.03. The van der Waals surface area contributed by atoms with Gasteiger partial charge in [-0.25, -0.2) is 8.42 Å². The molecule has 1 aliphatic carbocycles. The van der Waals surface area contributed by atoms with Crippen LogP contribution in [0.4, 0.5) is 0 Å². The summed E-state index contributed by atoms with van der Waals surface area (Å²) < 4.78 is 25.4. The molecule has 0 bridgehead atoms. The number of carbonyl (C=O) groups excluding carboxylic acids is 1. The molecule has 1 atom stereocenters. The molecule has 6 heteroatoms. The van der Waals surface area contributed by atoms with Crippen molar-refractivity contribution in [2.75, 3.05) is 19.3 Å². The highest BCUT2D eigenvalue weighted by Gasteiger charge is 2.38. The van der Waals surface area contributed by atoms with Gasteiger partial charge in [-0.15, -0.1) is 0 Å². The van der Waals surface area contributed by atoms with Gasteiger partial charge in [-0.05, 0) is 31.2 Å². The van der Waals surface area contributed by atoms with Crippen molar-refractivity contribution in [2.45, 2.75) is 56.4 Å². The van der Waals surface area contributed by atoms with Crippen LogP contribution in [-0.2, 0) is 20.2 Å². The summed E-state index contributed by atoms with van der Waals surface area (Å²) >= 11 is 0. The number of amides is 1. The van der Waals surface area contributed by atoms with Crippen LogP contribution in [0.1, 0.15) is 50.5 Å². The largest absolute Gasteiger partial charge is 0.354 e. The van der Waals surface area contributed by atoms with E-state index in [4.69, 9.17) is 0 Å². The number of hydrogen-bond acceptors (Lipinski definition) is 3. The molecule has 1 unspecified atom stereocenters. The van der Waals surface area contributed by atoms with E-state index in [1.165, 1.54) is 29.0 Å². The van der Waals surface area contributed by atoms with E-state index in [2.05, 4.69) is 17.4 Å². The normalized spacial score (nSPS) is 24.1. The predicted molar refractivity (Wildman–Crippen MR) is 98.8 cm³/mol. The maximum atomic E-state index is 12.8. The van der Waals surface area contributed by atoms with E-state index in [0.29, 0.717) is 19.5 Å². The fourth-order valence-corrected chi connectivity index (χ4v) is 5.47. The lowest BCUT2D eigenvalue weighted by atomic mass is 9.78. The number of piperidine rings is 1. The van der Waals surface area contributed by atoms with Gasteiger partial charge in [0.25, 0.3) is 0 Å². The van der Waals surface area contributed by atoms with Gasteiger partial charge >= 0.3 is 0 Å². The Morgan fingerprint density at radius 3 is 2.48 bits per heavy atom. The summed E-state index contributed by atoms with van der Waals surface area (Å²) in [5.74, 6) is -0.146. The van der Waals surface area contributed by atoms with Gasteiger partial charge in [0.15, 0.2) is 0 Å². The molecule has 2 fully saturated rings. The first kappa shape index (κ1) is 18.4. The van der Waals surface area contributed by atoms with E-state index in [0.717, 1.165) is 25.7 Å². The molecular formula is C19H28N2O3S. The Kier molecular flexibility index (Phi) is 5.49. The van der Waals surface area contributed by atoms with Crippen molar-refractivity contribution >= 4 is 15.9 Å². The van der Waals surface area contributed by atoms with E-state index < -0.39 is 16.1 Å². The molecule has 0 aromatic heterocycles. The van der Waals surface area contributed by atoms with Gasteiger partial charge in [-0.2, -0.15) is 4.31 Å². The number of nitrogens with one attached hydrogen (secondary N) is 1. The van der Waals surface area contributed by atoms with Gasteiger partial charge in [-0.1, -0.05) is 49.6 Å². The molecule has 1 amide bonds. The monoisotopic (exact) mass is 364 g/mol. The molecule has 1 saturated heterocycles. The minimum Gasteiger partial charge on any atom is -0.354 e. The van der Waals surface area contributed by atoms with Gasteiger partial charge in [-0.3, -0.25) is 4.79 Å². The fraction of sp³-hybridized carbons (Fsp3) is 0.632. The van der Waals surface area contributed by atoms with E-state index in [1.54, 1.807) is 0 Å². The zero-order chi connectivity index (χ0) is 17.9. The van der Waals surface area contributed by atoms with Crippen LogP contribution in [0.3, 0.4) is 0 Å². The van der Waals surface area contributed by atoms with Crippen molar-refractivity contribution < 1.29 is 13.2 Å². The predicted octanol–water partition coefficient (Wildman–Crippen LogP) is 2.43. The second-order valence-corrected chi connectivity index (χ2v) is 9.39. The molecule has 1 heterocycles. The molecule has 1 aromatic rings. The van der Waals surface area contributed by atoms with Crippen LogP contribution < -0.4 is 5.32 Å². The maximum absolute atomic E-state index is 12.8. The zero-order valence-electron chi connectivity index (χ0n) is 14.9. The van der Waals surface area contributed by atoms with Gasteiger partial charge in [0.05, 0.1) is 6.26 Å². The van der Waals surface area contributed by atoms with E-state index in [1.807, 2.05) is 18.2 Å². The molecule has 1 saturated carbocycles. The van der Waals surface area contributed by atoms with E-state index in [-0.39, 0.29) is 11.3 Å². The topological polar surface area (TPSA) is 66.5 Å². The Morgan fingerprint density at radius 2 is 1.84 bits per heavy atom. The third kappa shape index (κ3) is 4.06. The average Bonchev–Trinajstić information content (AvgIpc) is 3.10. The summed E-state index contributed by atoms with van der Waals surface area (Å²) in [6.07, 6.45) is 8.00. The number of benzene rings is 1. The van der Waals surface area contributed by atoms with Crippen LogP contribution in [0, 0.1) is 0 Å². The van der Waals surface area contributed by atoms with Crippen LogP contribution in [0.5, 0.6) is 0 Å². The number of rotatable bonds is 5. The van der Waals surface area contributed by atoms with Gasteiger partial charge in [0, 0.05) is 18.5 Å². The van der Waals surface area contributed by atoms with Crippen LogP contribution in [0.15, 0.2) is 30.3 Å². The molecule has 3 rings (SSSR count). The minimum absolute atomic E-state index is 0.0124. The van der Waals surface area contributed by atoms with Crippen molar-refractivity contribution in [2.24, 2.45) is 0 Å². The van der Waals surface area contributed by atoms with Crippen molar-refractivity contribution in [3.8, 4) is 0 Å². The van der Waals surface area contributed by atoms with Gasteiger partial charge in [0.2, 0.25) is 15.9 Å². The molecule has 0 radical (unpaired) electrons. The second-order valence-electron chi connectivity index (χ2n) is 7.46. The highest BCUT2D eigenvalue weighted by Crippen LogP contribution is 2.40. The van der Waals surface area contributed by atoms with E-state index in [9.17, 15) is 13.2 Å². The van der Waals surface area contributed by atoms with Crippen LogP contribution >= 0.6 is 0 Å². The Morgan fingerprint density at radius 1 is 1.16 bits per heavy atom. The molecule has 1 N–H and O–H groups in total. The highest BCUT2D eigenvalue weighted by molar-refractivity contribution is 7.88. The zero-order valence-corrected chi connectivity index (χ0v) is 15.7. The summed E-state index contributed by atoms with van der Waals surface area (Å²) in [7, 11) is -3.35. The highest BCUT2D eigenvalue weighted by atomic mass is 32.2. The standard InChI is InChI=1S/C19H28N2O3S/c1-25(23,24)21-14-8-5-11-17(21)18(22)20-15-19(12-6-7-13-19)16-9-3-2-4-10-16/h2-4,9-10,17H,5-8,11-15H2,1H3,(H,20,22). The Balaban J connectivity index is 1.72. The Hall–Kier alpha value is -1.40. The van der Waals surface area contributed by atoms with Crippen LogP contribution in [0.2, 0.25) is 0 Å².